The maximum Gasteiger partial charge on any atom is 0.307 e. The summed E-state index contributed by atoms with van der Waals surface area (Å²) in [4.78, 5) is 32.9. The molecule has 60 heavy (non-hydrogen) atoms. The van der Waals surface area contributed by atoms with Gasteiger partial charge >= 0.3 is 11.9 Å². The number of likely N-dealkylation sites (N-methyl/N-ethyl adjacent to an activating group) is 1. The lowest BCUT2D eigenvalue weighted by Gasteiger charge is -2.52. The molecule has 7 nitrogen and oxygen atoms in total. The highest BCUT2D eigenvalue weighted by molar-refractivity contribution is 5.70. The summed E-state index contributed by atoms with van der Waals surface area (Å²) in [6, 6.07) is 1.80. The number of hydrogen-bond acceptors (Lipinski definition) is 7. The van der Waals surface area contributed by atoms with Crippen molar-refractivity contribution in [2.24, 2.45) is 0 Å². The van der Waals surface area contributed by atoms with Gasteiger partial charge in [0.05, 0.1) is 26.1 Å². The average Bonchev–Trinajstić information content (AvgIpc) is 3.24. The van der Waals surface area contributed by atoms with Crippen LogP contribution in [0.15, 0.2) is 48.6 Å². The van der Waals surface area contributed by atoms with Gasteiger partial charge in [0, 0.05) is 50.3 Å². The van der Waals surface area contributed by atoms with E-state index < -0.39 is 0 Å². The quantitative estimate of drug-likeness (QED) is 0.0347. The van der Waals surface area contributed by atoms with Crippen molar-refractivity contribution in [1.82, 2.24) is 14.7 Å². The summed E-state index contributed by atoms with van der Waals surface area (Å²) < 4.78 is 11.3. The average molecular weight is 840 g/mol. The van der Waals surface area contributed by atoms with Crippen LogP contribution >= 0.6 is 0 Å². The molecule has 0 saturated carbocycles. The highest BCUT2D eigenvalue weighted by atomic mass is 16.5. The van der Waals surface area contributed by atoms with Crippen LogP contribution < -0.4 is 0 Å². The van der Waals surface area contributed by atoms with Crippen LogP contribution in [-0.4, -0.2) is 97.2 Å². The van der Waals surface area contributed by atoms with Crippen molar-refractivity contribution in [2.45, 2.75) is 233 Å². The van der Waals surface area contributed by atoms with Gasteiger partial charge in [-0.05, 0) is 112 Å². The Morgan fingerprint density at radius 1 is 0.467 bits per heavy atom. The number of piperazine rings is 1. The van der Waals surface area contributed by atoms with Gasteiger partial charge in [0.25, 0.3) is 0 Å². The largest absolute Gasteiger partial charge is 0.466 e. The summed E-state index contributed by atoms with van der Waals surface area (Å²) in [5.74, 6) is -0.266. The van der Waals surface area contributed by atoms with Gasteiger partial charge in [0.1, 0.15) is 0 Å². The Morgan fingerprint density at radius 2 is 0.817 bits per heavy atom. The molecule has 1 aliphatic heterocycles. The van der Waals surface area contributed by atoms with Crippen molar-refractivity contribution in [3.8, 4) is 0 Å². The maximum absolute atomic E-state index is 12.8. The third-order valence-corrected chi connectivity index (χ3v) is 12.9. The minimum atomic E-state index is -0.133. The monoisotopic (exact) mass is 840 g/mol. The van der Waals surface area contributed by atoms with Gasteiger partial charge in [-0.15, -0.1) is 0 Å². The number of esters is 2. The number of hydrogen-bond donors (Lipinski definition) is 0. The van der Waals surface area contributed by atoms with Gasteiger partial charge in [-0.25, -0.2) is 0 Å². The van der Waals surface area contributed by atoms with Gasteiger partial charge in [-0.1, -0.05) is 140 Å². The van der Waals surface area contributed by atoms with E-state index in [9.17, 15) is 9.59 Å². The predicted octanol–water partition coefficient (Wildman–Crippen LogP) is 13.6. The number of unbranched alkanes of at least 4 members (excludes halogenated alkanes) is 18. The molecule has 0 N–H and O–H groups in total. The summed E-state index contributed by atoms with van der Waals surface area (Å²) in [5.41, 5.74) is 0. The summed E-state index contributed by atoms with van der Waals surface area (Å²) in [6.45, 7) is 17.7. The molecule has 0 radical (unpaired) electrons. The van der Waals surface area contributed by atoms with Crippen LogP contribution in [0, 0.1) is 0 Å². The number of allylic oxidation sites excluding steroid dienone is 8. The fourth-order valence-electron chi connectivity index (χ4n) is 8.17. The molecule has 0 bridgehead atoms. The molecule has 1 fully saturated rings. The summed E-state index contributed by atoms with van der Waals surface area (Å²) in [7, 11) is 2.23. The Balaban J connectivity index is 2.31. The van der Waals surface area contributed by atoms with Crippen molar-refractivity contribution < 1.29 is 19.1 Å². The van der Waals surface area contributed by atoms with Gasteiger partial charge < -0.3 is 14.4 Å². The van der Waals surface area contributed by atoms with E-state index in [-0.39, 0.29) is 11.9 Å². The van der Waals surface area contributed by atoms with Crippen molar-refractivity contribution in [3.05, 3.63) is 48.6 Å². The first-order valence-corrected chi connectivity index (χ1v) is 25.3. The van der Waals surface area contributed by atoms with E-state index in [1.54, 1.807) is 0 Å². The molecule has 0 aromatic rings. The molecule has 4 atom stereocenters. The smallest absolute Gasteiger partial charge is 0.307 e. The van der Waals surface area contributed by atoms with E-state index in [2.05, 4.69) is 112 Å². The molecule has 7 heteroatoms. The van der Waals surface area contributed by atoms with Gasteiger partial charge in [0.2, 0.25) is 0 Å². The number of carbonyl (C=O) groups excluding carboxylic acids is 2. The summed E-state index contributed by atoms with van der Waals surface area (Å²) in [5, 5.41) is 0. The van der Waals surface area contributed by atoms with E-state index in [0.29, 0.717) is 63.3 Å². The number of rotatable bonds is 39. The molecule has 0 aromatic carbocycles. The molecule has 4 unspecified atom stereocenters. The van der Waals surface area contributed by atoms with E-state index in [0.717, 1.165) is 51.6 Å². The lowest BCUT2D eigenvalue weighted by atomic mass is 9.95. The first kappa shape index (κ1) is 55.8. The topological polar surface area (TPSA) is 62.3 Å². The van der Waals surface area contributed by atoms with Crippen molar-refractivity contribution in [1.29, 1.82) is 0 Å². The summed E-state index contributed by atoms with van der Waals surface area (Å²) in [6.07, 6.45) is 47.9. The maximum atomic E-state index is 12.8. The number of nitrogens with zero attached hydrogens (tertiary/aromatic N) is 3. The van der Waals surface area contributed by atoms with Gasteiger partial charge in [-0.3, -0.25) is 19.4 Å². The van der Waals surface area contributed by atoms with Crippen molar-refractivity contribution in [3.63, 3.8) is 0 Å². The van der Waals surface area contributed by atoms with Gasteiger partial charge in [-0.2, -0.15) is 0 Å². The van der Waals surface area contributed by atoms with Crippen LogP contribution in [0.1, 0.15) is 208 Å². The number of carbonyl (C=O) groups is 2. The summed E-state index contributed by atoms with van der Waals surface area (Å²) >= 11 is 0. The standard InChI is InChI=1S/C53H97N3O4/c1-8-10-12-14-16-18-20-22-24-26-28-30-32-34-36-38-46-59-52(57)40-42-55(44-45-56-50(5)48(3)54(7)49(4)51(56)6)43-41-53(58)60-47-39-37-35-33-31-29-27-25-23-21-19-17-15-13-11-9-2/h16-19,22-25,48-51H,8-15,20-21,26-47H2,1-7H3/b18-16-,19-17-,24-22-,25-23-. The first-order chi connectivity index (χ1) is 29.2. The Bertz CT molecular complexity index is 1050. The van der Waals surface area contributed by atoms with Crippen LogP contribution in [0.2, 0.25) is 0 Å². The van der Waals surface area contributed by atoms with E-state index in [1.165, 1.54) is 116 Å². The zero-order chi connectivity index (χ0) is 43.9. The molecule has 0 aliphatic carbocycles. The highest BCUT2D eigenvalue weighted by Gasteiger charge is 2.37. The van der Waals surface area contributed by atoms with Crippen LogP contribution in [0.3, 0.4) is 0 Å². The first-order valence-electron chi connectivity index (χ1n) is 25.3. The number of ether oxygens (including phenoxy) is 2. The molecule has 1 rings (SSSR count). The minimum Gasteiger partial charge on any atom is -0.466 e. The minimum absolute atomic E-state index is 0.133. The fraction of sp³-hybridized carbons (Fsp3) is 0.811. The van der Waals surface area contributed by atoms with Crippen LogP contribution in [-0.2, 0) is 19.1 Å². The molecule has 0 aromatic heterocycles. The van der Waals surface area contributed by atoms with E-state index in [1.807, 2.05) is 0 Å². The lowest BCUT2D eigenvalue weighted by Crippen LogP contribution is -2.64. The van der Waals surface area contributed by atoms with Crippen molar-refractivity contribution >= 4 is 11.9 Å². The molecule has 1 heterocycles. The Labute approximate surface area is 372 Å². The second-order valence-electron chi connectivity index (χ2n) is 17.8. The molecular weight excluding hydrogens is 743 g/mol. The Kier molecular flexibility index (Phi) is 36.8. The molecule has 1 aliphatic rings. The third kappa shape index (κ3) is 29.9. The SMILES string of the molecule is CCCCC/C=C\C/C=C\CCCCCCCCOC(=O)CCN(CCC(=O)OCCCCCCCC/C=C\C/C=C\CCCCC)CCN1C(C)C(C)N(C)C(C)C1C. The second-order valence-corrected chi connectivity index (χ2v) is 17.8. The van der Waals surface area contributed by atoms with Crippen molar-refractivity contribution in [2.75, 3.05) is 46.4 Å². The second kappa shape index (κ2) is 39.6. The molecule has 1 saturated heterocycles. The zero-order valence-electron chi connectivity index (χ0n) is 40.5. The Hall–Kier alpha value is -2.22. The fourth-order valence-corrected chi connectivity index (χ4v) is 8.17. The van der Waals surface area contributed by atoms with E-state index in [4.69, 9.17) is 9.47 Å². The molecule has 348 valence electrons. The Morgan fingerprint density at radius 3 is 1.20 bits per heavy atom. The molecule has 0 spiro atoms. The predicted molar refractivity (Wildman–Crippen MR) is 259 cm³/mol. The van der Waals surface area contributed by atoms with Crippen LogP contribution in [0.25, 0.3) is 0 Å². The molecular formula is C53H97N3O4. The van der Waals surface area contributed by atoms with Gasteiger partial charge in [0.15, 0.2) is 0 Å². The highest BCUT2D eigenvalue weighted by Crippen LogP contribution is 2.25. The third-order valence-electron chi connectivity index (χ3n) is 12.9. The lowest BCUT2D eigenvalue weighted by molar-refractivity contribution is -0.144. The normalized spacial score (nSPS) is 19.3. The van der Waals surface area contributed by atoms with E-state index >= 15 is 0 Å². The van der Waals surface area contributed by atoms with Crippen LogP contribution in [0.5, 0.6) is 0 Å². The molecule has 0 amide bonds. The van der Waals surface area contributed by atoms with Crippen LogP contribution in [0.4, 0.5) is 0 Å². The zero-order valence-corrected chi connectivity index (χ0v) is 40.5.